The Morgan fingerprint density at radius 3 is 1.82 bits per heavy atom. The van der Waals surface area contributed by atoms with E-state index in [1.54, 1.807) is 0 Å². The minimum absolute atomic E-state index is 0.142. The molecule has 2 bridgehead atoms. The minimum atomic E-state index is -5.45. The van der Waals surface area contributed by atoms with E-state index < -0.39 is 47.8 Å². The lowest BCUT2D eigenvalue weighted by Gasteiger charge is -2.38. The molecule has 1 saturated carbocycles. The van der Waals surface area contributed by atoms with Crippen LogP contribution in [0.5, 0.6) is 0 Å². The number of alkyl halides is 7. The van der Waals surface area contributed by atoms with E-state index in [-0.39, 0.29) is 5.32 Å². The number of hydrogen-bond donors (Lipinski definition) is 2. The van der Waals surface area contributed by atoms with E-state index in [4.69, 9.17) is 11.6 Å². The quantitative estimate of drug-likeness (QED) is 0.501. The summed E-state index contributed by atoms with van der Waals surface area (Å²) in [5.74, 6) is -1.84. The lowest BCUT2D eigenvalue weighted by Crippen LogP contribution is -3.07. The van der Waals surface area contributed by atoms with E-state index in [1.807, 2.05) is 0 Å². The molecule has 3 N–H and O–H groups in total. The first-order chi connectivity index (χ1) is 7.52. The first-order valence-electron chi connectivity index (χ1n) is 4.84. The second-order valence-electron chi connectivity index (χ2n) is 4.46. The molecule has 4 unspecified atom stereocenters. The number of rotatable bonds is 0. The highest BCUT2D eigenvalue weighted by molar-refractivity contribution is 6.21. The van der Waals surface area contributed by atoms with Gasteiger partial charge in [-0.2, -0.15) is 26.3 Å². The number of aliphatic hydroxyl groups is 1. The van der Waals surface area contributed by atoms with Crippen molar-refractivity contribution in [2.24, 2.45) is 5.92 Å². The Morgan fingerprint density at radius 2 is 1.59 bits per heavy atom. The molecule has 2 fully saturated rings. The molecule has 1 heterocycles. The predicted octanol–water partition coefficient (Wildman–Crippen LogP) is 0.784. The molecular weight excluding hydrogens is 276 g/mol. The van der Waals surface area contributed by atoms with Crippen molar-refractivity contribution in [2.75, 3.05) is 0 Å². The van der Waals surface area contributed by atoms with Crippen molar-refractivity contribution in [3.63, 3.8) is 0 Å². The molecule has 0 aromatic carbocycles. The van der Waals surface area contributed by atoms with Gasteiger partial charge in [0.25, 0.3) is 5.54 Å². The van der Waals surface area contributed by atoms with E-state index in [0.717, 1.165) is 0 Å². The van der Waals surface area contributed by atoms with Gasteiger partial charge < -0.3 is 10.4 Å². The topological polar surface area (TPSA) is 36.8 Å². The second kappa shape index (κ2) is 3.42. The van der Waals surface area contributed by atoms with Crippen molar-refractivity contribution >= 4 is 11.6 Å². The van der Waals surface area contributed by atoms with E-state index in [1.165, 1.54) is 0 Å². The van der Waals surface area contributed by atoms with Crippen molar-refractivity contribution in [1.82, 2.24) is 0 Å². The lowest BCUT2D eigenvalue weighted by molar-refractivity contribution is -0.800. The van der Waals surface area contributed by atoms with Gasteiger partial charge in [0.05, 0.1) is 11.3 Å². The third-order valence-electron chi connectivity index (χ3n) is 3.67. The summed E-state index contributed by atoms with van der Waals surface area (Å²) < 4.78 is 76.7. The van der Waals surface area contributed by atoms with Crippen molar-refractivity contribution in [1.29, 1.82) is 0 Å². The number of aliphatic hydroxyl groups excluding tert-OH is 1. The first-order valence-corrected chi connectivity index (χ1v) is 5.27. The van der Waals surface area contributed by atoms with Crippen LogP contribution in [0.1, 0.15) is 6.42 Å². The maximum Gasteiger partial charge on any atom is 0.454 e. The fourth-order valence-corrected chi connectivity index (χ4v) is 3.41. The van der Waals surface area contributed by atoms with Gasteiger partial charge in [-0.1, -0.05) is 0 Å². The van der Waals surface area contributed by atoms with Crippen molar-refractivity contribution in [3.05, 3.63) is 0 Å². The minimum Gasteiger partial charge on any atom is -0.387 e. The Kier molecular flexibility index (Phi) is 2.66. The predicted molar refractivity (Wildman–Crippen MR) is 44.3 cm³/mol. The zero-order valence-corrected chi connectivity index (χ0v) is 8.94. The standard InChI is InChI=1S/C8H8ClF6NO/c9-4-2-1-3(17)5(4)16-6(2,7(10,11)12)8(13,14)15/h2-5,16-17H,1H2/p+1. The third-order valence-corrected chi connectivity index (χ3v) is 4.27. The van der Waals surface area contributed by atoms with E-state index in [9.17, 15) is 31.4 Å². The van der Waals surface area contributed by atoms with Crippen molar-refractivity contribution in [3.8, 4) is 0 Å². The molecule has 1 aliphatic heterocycles. The molecule has 0 aromatic heterocycles. The average molecular weight is 285 g/mol. The van der Waals surface area contributed by atoms with Crippen LogP contribution in [0.2, 0.25) is 0 Å². The zero-order chi connectivity index (χ0) is 13.2. The van der Waals surface area contributed by atoms with Gasteiger partial charge in [0.1, 0.15) is 12.1 Å². The van der Waals surface area contributed by atoms with E-state index in [2.05, 4.69) is 0 Å². The Balaban J connectivity index is 2.48. The molecule has 0 amide bonds. The highest BCUT2D eigenvalue weighted by Crippen LogP contribution is 2.54. The molecule has 0 spiro atoms. The molecule has 0 aromatic rings. The highest BCUT2D eigenvalue weighted by Gasteiger charge is 2.85. The summed E-state index contributed by atoms with van der Waals surface area (Å²) in [5, 5.41) is 8.12. The lowest BCUT2D eigenvalue weighted by atomic mass is 9.82. The summed E-state index contributed by atoms with van der Waals surface area (Å²) in [6, 6.07) is -1.26. The van der Waals surface area contributed by atoms with Gasteiger partial charge in [-0.25, -0.2) is 0 Å². The maximum absolute atomic E-state index is 12.8. The molecule has 2 nitrogen and oxygen atoms in total. The van der Waals surface area contributed by atoms with Crippen LogP contribution in [0.25, 0.3) is 0 Å². The molecule has 1 aliphatic carbocycles. The largest absolute Gasteiger partial charge is 0.454 e. The van der Waals surface area contributed by atoms with Gasteiger partial charge in [-0.3, -0.25) is 0 Å². The van der Waals surface area contributed by atoms with Gasteiger partial charge >= 0.3 is 12.4 Å². The Hall–Kier alpha value is -0.210. The molecule has 0 radical (unpaired) electrons. The summed E-state index contributed by atoms with van der Waals surface area (Å²) in [7, 11) is 0. The number of nitrogens with two attached hydrogens (primary N) is 1. The average Bonchev–Trinajstić information content (AvgIpc) is 2.53. The van der Waals surface area contributed by atoms with Crippen molar-refractivity contribution in [2.45, 2.75) is 41.8 Å². The highest BCUT2D eigenvalue weighted by atomic mass is 35.5. The summed E-state index contributed by atoms with van der Waals surface area (Å²) in [6.07, 6.45) is -12.7. The zero-order valence-electron chi connectivity index (χ0n) is 8.19. The van der Waals surface area contributed by atoms with Crippen LogP contribution >= 0.6 is 11.6 Å². The van der Waals surface area contributed by atoms with E-state index >= 15 is 0 Å². The number of halogens is 7. The van der Waals surface area contributed by atoms with Crippen LogP contribution < -0.4 is 5.32 Å². The molecule has 2 rings (SSSR count). The Bertz CT molecular complexity index is 315. The number of piperidine rings is 1. The summed E-state index contributed by atoms with van der Waals surface area (Å²) >= 11 is 5.58. The number of quaternary nitrogens is 1. The molecular formula is C8H9ClF6NO+. The third kappa shape index (κ3) is 1.50. The Labute approximate surface area is 96.9 Å². The fourth-order valence-electron chi connectivity index (χ4n) is 2.87. The fraction of sp³-hybridized carbons (Fsp3) is 1.00. The van der Waals surface area contributed by atoms with Gasteiger partial charge in [-0.15, -0.1) is 11.6 Å². The molecule has 2 aliphatic rings. The smallest absolute Gasteiger partial charge is 0.387 e. The van der Waals surface area contributed by atoms with Gasteiger partial charge in [-0.05, 0) is 6.42 Å². The van der Waals surface area contributed by atoms with Gasteiger partial charge in [0, 0.05) is 0 Å². The monoisotopic (exact) mass is 284 g/mol. The van der Waals surface area contributed by atoms with Crippen LogP contribution in [0, 0.1) is 5.92 Å². The summed E-state index contributed by atoms with van der Waals surface area (Å²) in [4.78, 5) is 0. The first kappa shape index (κ1) is 13.2. The molecule has 17 heavy (non-hydrogen) atoms. The van der Waals surface area contributed by atoms with Crippen LogP contribution in [-0.2, 0) is 0 Å². The SMILES string of the molecule is OC1CC2C(Cl)C1[NH2+]C2(C(F)(F)F)C(F)(F)F. The van der Waals surface area contributed by atoms with Crippen LogP contribution in [0.15, 0.2) is 0 Å². The summed E-state index contributed by atoms with van der Waals surface area (Å²) in [6.45, 7) is 0. The number of fused-ring (bicyclic) bond motifs is 2. The maximum atomic E-state index is 12.8. The molecule has 9 heteroatoms. The van der Waals surface area contributed by atoms with Crippen LogP contribution in [-0.4, -0.2) is 40.5 Å². The normalized spacial score (nSPS) is 40.9. The number of hydrogen-bond acceptors (Lipinski definition) is 1. The molecule has 100 valence electrons. The van der Waals surface area contributed by atoms with Gasteiger partial charge in [0.15, 0.2) is 0 Å². The van der Waals surface area contributed by atoms with Crippen LogP contribution in [0.3, 0.4) is 0 Å². The Morgan fingerprint density at radius 1 is 1.12 bits per heavy atom. The van der Waals surface area contributed by atoms with E-state index in [0.29, 0.717) is 0 Å². The van der Waals surface area contributed by atoms with Gasteiger partial charge in [0.2, 0.25) is 0 Å². The molecule has 1 saturated heterocycles. The van der Waals surface area contributed by atoms with Crippen LogP contribution in [0.4, 0.5) is 26.3 Å². The second-order valence-corrected chi connectivity index (χ2v) is 4.97. The molecule has 4 atom stereocenters. The van der Waals surface area contributed by atoms with Crippen molar-refractivity contribution < 1.29 is 36.8 Å². The summed E-state index contributed by atoms with van der Waals surface area (Å²) in [5.41, 5.74) is -3.88.